The molecule has 3 aromatic carbocycles. The minimum atomic E-state index is -1.15. The molecule has 0 aliphatic rings. The average Bonchev–Trinajstić information content (AvgIpc) is 2.93. The van der Waals surface area contributed by atoms with Gasteiger partial charge in [-0.2, -0.15) is 0 Å². The molecule has 0 fully saturated rings. The third kappa shape index (κ3) is 9.58. The van der Waals surface area contributed by atoms with Crippen molar-refractivity contribution in [2.75, 3.05) is 0 Å². The van der Waals surface area contributed by atoms with Gasteiger partial charge >= 0.3 is 6.09 Å². The van der Waals surface area contributed by atoms with E-state index in [2.05, 4.69) is 16.0 Å². The monoisotopic (exact) mass is 534 g/mol. The molecule has 10 heteroatoms. The second-order valence-corrected chi connectivity index (χ2v) is 8.97. The normalized spacial score (nSPS) is 12.9. The maximum Gasteiger partial charge on any atom is 0.408 e. The Morgan fingerprint density at radius 1 is 0.718 bits per heavy atom. The molecule has 39 heavy (non-hydrogen) atoms. The van der Waals surface area contributed by atoms with Crippen molar-refractivity contribution in [1.29, 1.82) is 0 Å². The van der Waals surface area contributed by atoms with Gasteiger partial charge in [-0.15, -0.1) is 0 Å². The molecule has 0 radical (unpaired) electrons. The van der Waals surface area contributed by atoms with Crippen molar-refractivity contribution < 1.29 is 28.3 Å². The molecule has 0 heterocycles. The number of ether oxygens (including phenoxy) is 1. The number of nitrogens with two attached hydrogens (primary N) is 1. The van der Waals surface area contributed by atoms with Crippen molar-refractivity contribution in [3.63, 3.8) is 0 Å². The third-order valence-electron chi connectivity index (χ3n) is 5.87. The van der Waals surface area contributed by atoms with Crippen LogP contribution in [0.2, 0.25) is 0 Å². The summed E-state index contributed by atoms with van der Waals surface area (Å²) in [6.07, 6.45) is -0.651. The fourth-order valence-electron chi connectivity index (χ4n) is 3.71. The molecule has 0 aromatic heterocycles. The third-order valence-corrected chi connectivity index (χ3v) is 5.87. The maximum atomic E-state index is 13.4. The lowest BCUT2D eigenvalue weighted by Gasteiger charge is -2.24. The van der Waals surface area contributed by atoms with Crippen molar-refractivity contribution in [2.45, 2.75) is 44.5 Å². The average molecular weight is 535 g/mol. The van der Waals surface area contributed by atoms with E-state index >= 15 is 0 Å². The number of benzene rings is 3. The number of rotatable bonds is 12. The highest BCUT2D eigenvalue weighted by atomic mass is 19.1. The first-order valence-corrected chi connectivity index (χ1v) is 12.4. The van der Waals surface area contributed by atoms with Gasteiger partial charge in [0.25, 0.3) is 0 Å². The van der Waals surface area contributed by atoms with Gasteiger partial charge in [-0.25, -0.2) is 9.18 Å². The van der Waals surface area contributed by atoms with Crippen LogP contribution in [-0.4, -0.2) is 41.9 Å². The van der Waals surface area contributed by atoms with Crippen LogP contribution in [0.3, 0.4) is 0 Å². The number of hydrogen-bond acceptors (Lipinski definition) is 5. The summed E-state index contributed by atoms with van der Waals surface area (Å²) >= 11 is 0. The van der Waals surface area contributed by atoms with Crippen LogP contribution in [-0.2, 0) is 38.6 Å². The zero-order valence-electron chi connectivity index (χ0n) is 21.4. The van der Waals surface area contributed by atoms with Gasteiger partial charge in [0, 0.05) is 12.8 Å². The molecule has 0 saturated carbocycles. The van der Waals surface area contributed by atoms with Crippen molar-refractivity contribution in [2.24, 2.45) is 5.73 Å². The number of halogens is 1. The van der Waals surface area contributed by atoms with Gasteiger partial charge in [-0.1, -0.05) is 72.8 Å². The molecule has 3 rings (SSSR count). The molecule has 4 amide bonds. The Labute approximate surface area is 225 Å². The van der Waals surface area contributed by atoms with Gasteiger partial charge in [0.15, 0.2) is 0 Å². The standard InChI is InChI=1S/C29H31FN4O5/c1-19(32-29(38)39-18-22-10-6-3-7-11-22)27(36)34-25(17-21-12-14-23(30)15-13-21)28(37)33-24(26(31)35)16-20-8-4-2-5-9-20/h2-15,19,24-25H,16-18H2,1H3,(H2,31,35)(H,32,38)(H,33,37)(H,34,36)/t19-,24+,25+/m1/s1. The molecule has 9 nitrogen and oxygen atoms in total. The number of amides is 4. The summed E-state index contributed by atoms with van der Waals surface area (Å²) in [5, 5.41) is 7.63. The van der Waals surface area contributed by atoms with E-state index in [4.69, 9.17) is 10.5 Å². The van der Waals surface area contributed by atoms with Gasteiger partial charge in [0.05, 0.1) is 0 Å². The summed E-state index contributed by atoms with van der Waals surface area (Å²) in [4.78, 5) is 50.4. The number of carbonyl (C=O) groups excluding carboxylic acids is 4. The Kier molecular flexibility index (Phi) is 10.6. The quantitative estimate of drug-likeness (QED) is 0.283. The molecule has 0 unspecified atom stereocenters. The van der Waals surface area contributed by atoms with Crippen molar-refractivity contribution >= 4 is 23.8 Å². The van der Waals surface area contributed by atoms with Crippen LogP contribution in [0.4, 0.5) is 9.18 Å². The van der Waals surface area contributed by atoms with Gasteiger partial charge in [-0.3, -0.25) is 14.4 Å². The predicted molar refractivity (Wildman–Crippen MR) is 143 cm³/mol. The Morgan fingerprint density at radius 2 is 1.23 bits per heavy atom. The minimum Gasteiger partial charge on any atom is -0.445 e. The highest BCUT2D eigenvalue weighted by molar-refractivity contribution is 5.93. The van der Waals surface area contributed by atoms with Crippen molar-refractivity contribution in [3.8, 4) is 0 Å². The fourth-order valence-corrected chi connectivity index (χ4v) is 3.71. The first-order valence-electron chi connectivity index (χ1n) is 12.4. The van der Waals surface area contributed by atoms with Gasteiger partial charge < -0.3 is 26.4 Å². The van der Waals surface area contributed by atoms with E-state index in [0.717, 1.165) is 11.1 Å². The molecule has 0 aliphatic heterocycles. The van der Waals surface area contributed by atoms with Crippen LogP contribution in [0.25, 0.3) is 0 Å². The van der Waals surface area contributed by atoms with Crippen molar-refractivity contribution in [1.82, 2.24) is 16.0 Å². The Bertz CT molecular complexity index is 1260. The van der Waals surface area contributed by atoms with E-state index < -0.39 is 47.8 Å². The van der Waals surface area contributed by atoms with Crippen LogP contribution in [0, 0.1) is 5.82 Å². The van der Waals surface area contributed by atoms with Gasteiger partial charge in [-0.05, 0) is 35.7 Å². The Balaban J connectivity index is 1.66. The lowest BCUT2D eigenvalue weighted by Crippen LogP contribution is -2.56. The summed E-state index contributed by atoms with van der Waals surface area (Å²) in [5.41, 5.74) is 7.66. The number of primary amides is 1. The fraction of sp³-hybridized carbons (Fsp3) is 0.241. The van der Waals surface area contributed by atoms with Crippen LogP contribution in [0.5, 0.6) is 0 Å². The largest absolute Gasteiger partial charge is 0.445 e. The van der Waals surface area contributed by atoms with Crippen LogP contribution in [0.15, 0.2) is 84.9 Å². The molecule has 3 aromatic rings. The number of alkyl carbamates (subject to hydrolysis) is 1. The second-order valence-electron chi connectivity index (χ2n) is 8.97. The van der Waals surface area contributed by atoms with E-state index in [1.54, 1.807) is 36.4 Å². The lowest BCUT2D eigenvalue weighted by atomic mass is 10.0. The molecule has 0 bridgehead atoms. The molecular weight excluding hydrogens is 503 g/mol. The first-order chi connectivity index (χ1) is 18.7. The predicted octanol–water partition coefficient (Wildman–Crippen LogP) is 2.38. The Morgan fingerprint density at radius 3 is 1.82 bits per heavy atom. The summed E-state index contributed by atoms with van der Waals surface area (Å²) in [6, 6.07) is 20.3. The summed E-state index contributed by atoms with van der Waals surface area (Å²) in [5.74, 6) is -2.51. The van der Waals surface area contributed by atoms with Crippen LogP contribution >= 0.6 is 0 Å². The van der Waals surface area contributed by atoms with Gasteiger partial charge in [0.2, 0.25) is 17.7 Å². The first kappa shape index (κ1) is 28.8. The molecular formula is C29H31FN4O5. The molecule has 204 valence electrons. The zero-order chi connectivity index (χ0) is 28.2. The van der Waals surface area contributed by atoms with E-state index in [0.29, 0.717) is 5.56 Å². The topological polar surface area (TPSA) is 140 Å². The summed E-state index contributed by atoms with van der Waals surface area (Å²) < 4.78 is 18.6. The summed E-state index contributed by atoms with van der Waals surface area (Å²) in [6.45, 7) is 1.46. The van der Waals surface area contributed by atoms with E-state index in [9.17, 15) is 23.6 Å². The minimum absolute atomic E-state index is 0.000153. The highest BCUT2D eigenvalue weighted by Crippen LogP contribution is 2.09. The van der Waals surface area contributed by atoms with Crippen molar-refractivity contribution in [3.05, 3.63) is 107 Å². The number of nitrogens with one attached hydrogen (secondary N) is 3. The van der Waals surface area contributed by atoms with E-state index in [1.165, 1.54) is 31.2 Å². The van der Waals surface area contributed by atoms with Crippen LogP contribution in [0.1, 0.15) is 23.6 Å². The second kappa shape index (κ2) is 14.3. The molecule has 0 spiro atoms. The number of hydrogen-bond donors (Lipinski definition) is 4. The number of carbonyl (C=O) groups is 4. The summed E-state index contributed by atoms with van der Waals surface area (Å²) in [7, 11) is 0. The maximum absolute atomic E-state index is 13.4. The zero-order valence-corrected chi connectivity index (χ0v) is 21.4. The van der Waals surface area contributed by atoms with Gasteiger partial charge in [0.1, 0.15) is 30.5 Å². The lowest BCUT2D eigenvalue weighted by molar-refractivity contribution is -0.131. The SMILES string of the molecule is C[C@@H](NC(=O)OCc1ccccc1)C(=O)N[C@@H](Cc1ccc(F)cc1)C(=O)N[C@@H](Cc1ccccc1)C(N)=O. The molecule has 0 saturated heterocycles. The molecule has 3 atom stereocenters. The molecule has 5 N–H and O–H groups in total. The van der Waals surface area contributed by atoms with E-state index in [-0.39, 0.29) is 19.4 Å². The van der Waals surface area contributed by atoms with E-state index in [1.807, 2.05) is 24.3 Å². The molecule has 0 aliphatic carbocycles. The van der Waals surface area contributed by atoms with Crippen LogP contribution < -0.4 is 21.7 Å². The Hall–Kier alpha value is -4.73. The smallest absolute Gasteiger partial charge is 0.408 e. The highest BCUT2D eigenvalue weighted by Gasteiger charge is 2.28.